The van der Waals surface area contributed by atoms with Gasteiger partial charge in [0, 0.05) is 50.4 Å². The summed E-state index contributed by atoms with van der Waals surface area (Å²) in [7, 11) is -4.26. The van der Waals surface area contributed by atoms with Crippen LogP contribution in [-0.2, 0) is 14.8 Å². The quantitative estimate of drug-likeness (QED) is 0.657. The highest BCUT2D eigenvalue weighted by Crippen LogP contribution is 2.35. The van der Waals surface area contributed by atoms with Crippen LogP contribution < -0.4 is 0 Å². The van der Waals surface area contributed by atoms with Crippen molar-refractivity contribution in [2.24, 2.45) is 5.92 Å². The van der Waals surface area contributed by atoms with Crippen molar-refractivity contribution in [3.63, 3.8) is 0 Å². The average Bonchev–Trinajstić information content (AvgIpc) is 2.82. The number of carbonyl (C=O) groups is 3. The molecule has 0 aromatic heterocycles. The minimum absolute atomic E-state index is 0.0153. The molecule has 0 unspecified atom stereocenters. The van der Waals surface area contributed by atoms with Crippen molar-refractivity contribution in [3.8, 4) is 0 Å². The van der Waals surface area contributed by atoms with Crippen LogP contribution in [0, 0.1) is 5.92 Å². The van der Waals surface area contributed by atoms with E-state index in [1.807, 2.05) is 0 Å². The number of piperazine rings is 1. The van der Waals surface area contributed by atoms with Gasteiger partial charge >= 0.3 is 6.09 Å². The first-order valence-electron chi connectivity index (χ1n) is 11.3. The molecule has 1 aliphatic carbocycles. The van der Waals surface area contributed by atoms with Crippen molar-refractivity contribution in [3.05, 3.63) is 46.0 Å². The molecule has 0 bridgehead atoms. The molecule has 1 aromatic carbocycles. The third kappa shape index (κ3) is 4.29. The Morgan fingerprint density at radius 1 is 0.970 bits per heavy atom. The van der Waals surface area contributed by atoms with Crippen molar-refractivity contribution < 1.29 is 27.5 Å². The largest absolute Gasteiger partial charge is 0.450 e. The summed E-state index contributed by atoms with van der Waals surface area (Å²) in [4.78, 5) is 41.8. The lowest BCUT2D eigenvalue weighted by atomic mass is 9.90. The molecular formula is C23H29N3O6S. The fourth-order valence-electron chi connectivity index (χ4n) is 4.55. The number of ketones is 2. The van der Waals surface area contributed by atoms with Crippen LogP contribution in [0.15, 0.2) is 34.9 Å². The Balaban J connectivity index is 1.71. The van der Waals surface area contributed by atoms with Crippen LogP contribution in [0.25, 0.3) is 0 Å². The molecular weight excluding hydrogens is 446 g/mol. The van der Waals surface area contributed by atoms with Gasteiger partial charge < -0.3 is 14.5 Å². The van der Waals surface area contributed by atoms with Crippen LogP contribution in [0.3, 0.4) is 0 Å². The molecule has 178 valence electrons. The molecule has 1 amide bonds. The van der Waals surface area contributed by atoms with Gasteiger partial charge in [-0.2, -0.15) is 4.31 Å². The third-order valence-electron chi connectivity index (χ3n) is 6.52. The highest BCUT2D eigenvalue weighted by atomic mass is 32.2. The molecule has 0 radical (unpaired) electrons. The molecule has 3 aliphatic rings. The molecule has 0 N–H and O–H groups in total. The topological polar surface area (TPSA) is 104 Å². The number of fused-ring (bicyclic) bond motifs is 1. The zero-order chi connectivity index (χ0) is 23.8. The second-order valence-electron chi connectivity index (χ2n) is 8.64. The Hall–Kier alpha value is -2.72. The summed E-state index contributed by atoms with van der Waals surface area (Å²) in [5.74, 6) is -0.602. The number of nitrogens with zero attached hydrogens (tertiary/aromatic N) is 3. The van der Waals surface area contributed by atoms with Gasteiger partial charge in [0.05, 0.1) is 6.61 Å². The molecule has 0 atom stereocenters. The maximum Gasteiger partial charge on any atom is 0.409 e. The van der Waals surface area contributed by atoms with Crippen molar-refractivity contribution in [1.82, 2.24) is 14.1 Å². The lowest BCUT2D eigenvalue weighted by molar-refractivity contribution is 0.0919. The predicted octanol–water partition coefficient (Wildman–Crippen LogP) is 2.11. The van der Waals surface area contributed by atoms with Crippen molar-refractivity contribution >= 4 is 27.7 Å². The summed E-state index contributed by atoms with van der Waals surface area (Å²) in [5.41, 5.74) is 0.334. The predicted molar refractivity (Wildman–Crippen MR) is 121 cm³/mol. The number of Topliss-reactive ketones (excluding diaryl/α,β-unsaturated/α-hetero) is 2. The minimum Gasteiger partial charge on any atom is -0.450 e. The number of carbonyl (C=O) groups excluding carboxylic acids is 3. The monoisotopic (exact) mass is 475 g/mol. The van der Waals surface area contributed by atoms with E-state index >= 15 is 0 Å². The molecule has 9 nitrogen and oxygen atoms in total. The maximum atomic E-state index is 13.8. The molecule has 2 saturated heterocycles. The van der Waals surface area contributed by atoms with E-state index in [0.29, 0.717) is 19.0 Å². The SMILES string of the molecule is CCOC(=O)N1CCN(S(=O)(=O)C2=C(N3CCC(C)CC3)C(=O)c3ccccc3C2=O)CC1. The molecule has 0 spiro atoms. The van der Waals surface area contributed by atoms with E-state index in [0.717, 1.165) is 12.8 Å². The highest BCUT2D eigenvalue weighted by Gasteiger charge is 2.44. The first-order chi connectivity index (χ1) is 15.8. The van der Waals surface area contributed by atoms with Gasteiger partial charge in [-0.05, 0) is 25.7 Å². The molecule has 2 heterocycles. The lowest BCUT2D eigenvalue weighted by Crippen LogP contribution is -2.52. The number of hydrogen-bond acceptors (Lipinski definition) is 7. The van der Waals surface area contributed by atoms with Crippen molar-refractivity contribution in [2.75, 3.05) is 45.9 Å². The van der Waals surface area contributed by atoms with E-state index in [4.69, 9.17) is 4.74 Å². The maximum absolute atomic E-state index is 13.8. The first-order valence-corrected chi connectivity index (χ1v) is 12.8. The minimum atomic E-state index is -4.26. The zero-order valence-electron chi connectivity index (χ0n) is 19.0. The van der Waals surface area contributed by atoms with Gasteiger partial charge in [-0.3, -0.25) is 9.59 Å². The number of likely N-dealkylation sites (tertiary alicyclic amines) is 1. The smallest absolute Gasteiger partial charge is 0.409 e. The van der Waals surface area contributed by atoms with E-state index in [2.05, 4.69) is 6.92 Å². The molecule has 0 saturated carbocycles. The van der Waals surface area contributed by atoms with Crippen LogP contribution in [0.2, 0.25) is 0 Å². The van der Waals surface area contributed by atoms with Crippen LogP contribution in [0.1, 0.15) is 47.4 Å². The van der Waals surface area contributed by atoms with E-state index in [1.165, 1.54) is 15.3 Å². The fourth-order valence-corrected chi connectivity index (χ4v) is 6.27. The summed E-state index contributed by atoms with van der Waals surface area (Å²) in [6, 6.07) is 6.37. The zero-order valence-corrected chi connectivity index (χ0v) is 19.8. The van der Waals surface area contributed by atoms with Gasteiger partial charge in [0.25, 0.3) is 0 Å². The second-order valence-corrected chi connectivity index (χ2v) is 10.5. The van der Waals surface area contributed by atoms with Crippen LogP contribution >= 0.6 is 0 Å². The van der Waals surface area contributed by atoms with Gasteiger partial charge in [-0.1, -0.05) is 31.2 Å². The molecule has 4 rings (SSSR count). The van der Waals surface area contributed by atoms with E-state index < -0.39 is 32.6 Å². The molecule has 2 aliphatic heterocycles. The van der Waals surface area contributed by atoms with Gasteiger partial charge in [0.15, 0.2) is 4.91 Å². The highest BCUT2D eigenvalue weighted by molar-refractivity contribution is 7.94. The Kier molecular flexibility index (Phi) is 6.58. The van der Waals surface area contributed by atoms with E-state index in [-0.39, 0.29) is 49.6 Å². The molecule has 2 fully saturated rings. The number of hydrogen-bond donors (Lipinski definition) is 0. The van der Waals surface area contributed by atoms with E-state index in [1.54, 1.807) is 30.0 Å². The number of amides is 1. The number of allylic oxidation sites excluding steroid dienone is 2. The van der Waals surface area contributed by atoms with Gasteiger partial charge in [0.1, 0.15) is 5.70 Å². The standard InChI is InChI=1S/C23H29N3O6S/c1-3-32-23(29)25-12-14-26(15-13-25)33(30,31)22-19(24-10-8-16(2)9-11-24)20(27)17-6-4-5-7-18(17)21(22)28/h4-7,16H,3,8-15H2,1-2H3. The lowest BCUT2D eigenvalue weighted by Gasteiger charge is -2.38. The normalized spacial score (nSPS) is 20.8. The Morgan fingerprint density at radius 3 is 2.12 bits per heavy atom. The second kappa shape index (κ2) is 9.26. The number of ether oxygens (including phenoxy) is 1. The van der Waals surface area contributed by atoms with Gasteiger partial charge in [0.2, 0.25) is 21.6 Å². The Labute approximate surface area is 194 Å². The number of rotatable bonds is 4. The van der Waals surface area contributed by atoms with Gasteiger partial charge in [-0.15, -0.1) is 0 Å². The number of piperidine rings is 1. The van der Waals surface area contributed by atoms with Crippen LogP contribution in [0.5, 0.6) is 0 Å². The number of sulfonamides is 1. The summed E-state index contributed by atoms with van der Waals surface area (Å²) < 4.78 is 33.7. The number of benzene rings is 1. The average molecular weight is 476 g/mol. The first kappa shape index (κ1) is 23.4. The summed E-state index contributed by atoms with van der Waals surface area (Å²) in [5, 5.41) is 0. The van der Waals surface area contributed by atoms with Crippen LogP contribution in [-0.4, -0.2) is 86.1 Å². The Morgan fingerprint density at radius 2 is 1.55 bits per heavy atom. The summed E-state index contributed by atoms with van der Waals surface area (Å²) in [6.07, 6.45) is 1.14. The van der Waals surface area contributed by atoms with Crippen LogP contribution in [0.4, 0.5) is 4.79 Å². The molecule has 1 aromatic rings. The van der Waals surface area contributed by atoms with E-state index in [9.17, 15) is 22.8 Å². The summed E-state index contributed by atoms with van der Waals surface area (Å²) >= 11 is 0. The molecule has 33 heavy (non-hydrogen) atoms. The van der Waals surface area contributed by atoms with Crippen molar-refractivity contribution in [2.45, 2.75) is 26.7 Å². The Bertz CT molecular complexity index is 1100. The third-order valence-corrected chi connectivity index (χ3v) is 8.45. The van der Waals surface area contributed by atoms with Gasteiger partial charge in [-0.25, -0.2) is 13.2 Å². The fraction of sp³-hybridized carbons (Fsp3) is 0.522. The summed E-state index contributed by atoms with van der Waals surface area (Å²) in [6.45, 7) is 5.46. The molecule has 10 heteroatoms. The van der Waals surface area contributed by atoms with Crippen molar-refractivity contribution in [1.29, 1.82) is 0 Å².